The second-order valence-electron chi connectivity index (χ2n) is 10.9. The Morgan fingerprint density at radius 3 is 2.45 bits per heavy atom. The molecule has 0 bridgehead atoms. The minimum Gasteiger partial charge on any atom is -0.375 e. The Labute approximate surface area is 253 Å². The standard InChI is InChI=1S/C31H35N5O4S.ClH/c1-41(38,39)36(23-31(14-16-33-17-15-31)27-12-5-6-13-29(27)36)35-30(37)28(22-40-21-24-8-3-2-4-9-24)34-20-26-11-7-10-25(18-26)19-32;/h2-13,18,28,33-34H,14-17,20-23H2,1H3;1H/p+1. The molecule has 222 valence electrons. The number of carbonyl (C=O) groups is 1. The molecule has 2 unspecified atom stereocenters. The first-order valence-electron chi connectivity index (χ1n) is 13.8. The molecule has 0 aliphatic carbocycles. The van der Waals surface area contributed by atoms with E-state index in [2.05, 4.69) is 22.1 Å². The first kappa shape index (κ1) is 31.6. The lowest BCUT2D eigenvalue weighted by Crippen LogP contribution is -2.68. The number of halogens is 1. The van der Waals surface area contributed by atoms with Crippen molar-refractivity contribution >= 4 is 34.0 Å². The van der Waals surface area contributed by atoms with Crippen LogP contribution >= 0.6 is 12.4 Å². The average molecular weight is 611 g/mol. The third-order valence-corrected chi connectivity index (χ3v) is 9.68. The molecule has 1 fully saturated rings. The Morgan fingerprint density at radius 2 is 1.74 bits per heavy atom. The normalized spacial score (nSPS) is 19.7. The largest absolute Gasteiger partial charge is 0.375 e. The van der Waals surface area contributed by atoms with Crippen molar-refractivity contribution < 1.29 is 17.9 Å². The zero-order valence-electron chi connectivity index (χ0n) is 23.6. The highest BCUT2D eigenvalue weighted by Crippen LogP contribution is 2.50. The van der Waals surface area contributed by atoms with E-state index in [1.165, 1.54) is 6.26 Å². The van der Waals surface area contributed by atoms with E-state index in [1.807, 2.05) is 60.7 Å². The maximum Gasteiger partial charge on any atom is 0.321 e. The predicted molar refractivity (Wildman–Crippen MR) is 165 cm³/mol. The SMILES string of the molecule is CS(=O)(=O)[N+]1(NC(=O)C(COCc2ccccc2)NCc2cccc(C#N)c2)CC2(CCNCC2)c2ccccc21.Cl. The van der Waals surface area contributed by atoms with Crippen LogP contribution in [0.3, 0.4) is 0 Å². The third-order valence-electron chi connectivity index (χ3n) is 8.13. The van der Waals surface area contributed by atoms with Crippen LogP contribution in [0.15, 0.2) is 78.9 Å². The predicted octanol–water partition coefficient (Wildman–Crippen LogP) is 3.29. The summed E-state index contributed by atoms with van der Waals surface area (Å²) in [5.74, 6) is -0.472. The average Bonchev–Trinajstić information content (AvgIpc) is 3.25. The van der Waals surface area contributed by atoms with Gasteiger partial charge in [-0.25, -0.2) is 0 Å². The van der Waals surface area contributed by atoms with Gasteiger partial charge in [0.15, 0.2) is 5.69 Å². The molecule has 3 aromatic rings. The zero-order valence-corrected chi connectivity index (χ0v) is 25.2. The van der Waals surface area contributed by atoms with Crippen molar-refractivity contribution in [1.82, 2.24) is 20.1 Å². The Bertz CT molecular complexity index is 1540. The molecule has 5 rings (SSSR count). The molecule has 1 amide bonds. The van der Waals surface area contributed by atoms with Gasteiger partial charge in [-0.1, -0.05) is 64.7 Å². The Balaban J connectivity index is 0.00000405. The van der Waals surface area contributed by atoms with Gasteiger partial charge < -0.3 is 10.1 Å². The molecule has 0 saturated carbocycles. The Hall–Kier alpha value is -3.30. The molecule has 2 aliphatic rings. The van der Waals surface area contributed by atoms with Gasteiger partial charge in [-0.2, -0.15) is 19.1 Å². The number of para-hydroxylation sites is 1. The van der Waals surface area contributed by atoms with Crippen molar-refractivity contribution in [3.8, 4) is 6.07 Å². The summed E-state index contributed by atoms with van der Waals surface area (Å²) in [6.07, 6.45) is 2.75. The molecule has 2 aliphatic heterocycles. The maximum atomic E-state index is 14.0. The van der Waals surface area contributed by atoms with E-state index < -0.39 is 26.0 Å². The summed E-state index contributed by atoms with van der Waals surface area (Å²) in [4.78, 5) is 14.0. The van der Waals surface area contributed by atoms with Crippen LogP contribution in [0.5, 0.6) is 0 Å². The smallest absolute Gasteiger partial charge is 0.321 e. The molecule has 0 radical (unpaired) electrons. The van der Waals surface area contributed by atoms with E-state index in [1.54, 1.807) is 18.2 Å². The quantitative estimate of drug-likeness (QED) is 0.301. The van der Waals surface area contributed by atoms with Gasteiger partial charge in [-0.15, -0.1) is 12.4 Å². The van der Waals surface area contributed by atoms with Gasteiger partial charge in [0.05, 0.1) is 36.5 Å². The van der Waals surface area contributed by atoms with Gasteiger partial charge in [0.2, 0.25) is 0 Å². The van der Waals surface area contributed by atoms with Crippen LogP contribution in [0.4, 0.5) is 5.69 Å². The van der Waals surface area contributed by atoms with Crippen LogP contribution in [-0.4, -0.2) is 52.9 Å². The molecule has 1 spiro atoms. The van der Waals surface area contributed by atoms with Crippen molar-refractivity contribution in [3.05, 3.63) is 101 Å². The number of nitrogens with zero attached hydrogens (tertiary/aromatic N) is 2. The van der Waals surface area contributed by atoms with E-state index in [-0.39, 0.29) is 31.0 Å². The van der Waals surface area contributed by atoms with E-state index in [9.17, 15) is 18.5 Å². The number of rotatable bonds is 10. The van der Waals surface area contributed by atoms with E-state index in [0.717, 1.165) is 42.6 Å². The number of fused-ring (bicyclic) bond motifs is 2. The molecule has 0 aromatic heterocycles. The van der Waals surface area contributed by atoms with Crippen LogP contribution < -0.4 is 20.1 Å². The number of nitriles is 1. The molecule has 3 N–H and O–H groups in total. The van der Waals surface area contributed by atoms with Crippen molar-refractivity contribution in [1.29, 1.82) is 5.26 Å². The number of quaternary nitrogens is 1. The number of piperidine rings is 1. The van der Waals surface area contributed by atoms with Gasteiger partial charge in [-0.3, -0.25) is 10.1 Å². The summed E-state index contributed by atoms with van der Waals surface area (Å²) in [5.41, 5.74) is 6.49. The molecular weight excluding hydrogens is 574 g/mol. The van der Waals surface area contributed by atoms with Crippen molar-refractivity contribution in [2.75, 3.05) is 32.5 Å². The summed E-state index contributed by atoms with van der Waals surface area (Å²) in [7, 11) is -3.84. The molecule has 9 nitrogen and oxygen atoms in total. The molecule has 3 aromatic carbocycles. The fourth-order valence-electron chi connectivity index (χ4n) is 5.99. The highest BCUT2D eigenvalue weighted by atomic mass is 35.5. The van der Waals surface area contributed by atoms with Gasteiger partial charge in [0.1, 0.15) is 12.6 Å². The number of hydrogen-bond acceptors (Lipinski definition) is 7. The number of benzene rings is 3. The lowest BCUT2D eigenvalue weighted by Gasteiger charge is -2.36. The summed E-state index contributed by atoms with van der Waals surface area (Å²) in [5, 5.41) is 15.9. The van der Waals surface area contributed by atoms with E-state index in [0.29, 0.717) is 24.4 Å². The van der Waals surface area contributed by atoms with Crippen LogP contribution in [0.2, 0.25) is 0 Å². The fraction of sp³-hybridized carbons (Fsp3) is 0.355. The summed E-state index contributed by atoms with van der Waals surface area (Å²) in [6, 6.07) is 25.7. The molecule has 2 atom stereocenters. The van der Waals surface area contributed by atoms with Gasteiger partial charge in [0.25, 0.3) is 5.91 Å². The van der Waals surface area contributed by atoms with E-state index >= 15 is 0 Å². The highest BCUT2D eigenvalue weighted by Gasteiger charge is 2.60. The van der Waals surface area contributed by atoms with Crippen LogP contribution in [-0.2, 0) is 38.1 Å². The summed E-state index contributed by atoms with van der Waals surface area (Å²) >= 11 is 0. The Kier molecular flexibility index (Phi) is 10.0. The van der Waals surface area contributed by atoms with Crippen LogP contribution in [0, 0.1) is 11.3 Å². The third kappa shape index (κ3) is 6.52. The second kappa shape index (κ2) is 13.3. The van der Waals surface area contributed by atoms with Crippen LogP contribution in [0.1, 0.15) is 35.1 Å². The molecular formula is C31H37ClN5O4S+. The summed E-state index contributed by atoms with van der Waals surface area (Å²) in [6.45, 7) is 2.44. The summed E-state index contributed by atoms with van der Waals surface area (Å²) < 4.78 is 32.5. The number of amides is 1. The van der Waals surface area contributed by atoms with Gasteiger partial charge in [0, 0.05) is 18.2 Å². The Morgan fingerprint density at radius 1 is 1.05 bits per heavy atom. The minimum atomic E-state index is -3.84. The van der Waals surface area contributed by atoms with Crippen LogP contribution in [0.25, 0.3) is 0 Å². The number of ether oxygens (including phenoxy) is 1. The first-order valence-corrected chi connectivity index (χ1v) is 15.7. The topological polar surface area (TPSA) is 120 Å². The van der Waals surface area contributed by atoms with E-state index in [4.69, 9.17) is 4.74 Å². The molecule has 2 heterocycles. The number of sulfonamides is 1. The molecule has 11 heteroatoms. The first-order chi connectivity index (χ1) is 19.8. The van der Waals surface area contributed by atoms with Crippen molar-refractivity contribution in [2.45, 2.75) is 37.5 Å². The minimum absolute atomic E-state index is 0. The number of hydrogen-bond donors (Lipinski definition) is 3. The molecule has 1 saturated heterocycles. The molecule has 42 heavy (non-hydrogen) atoms. The lowest BCUT2D eigenvalue weighted by atomic mass is 9.75. The van der Waals surface area contributed by atoms with Gasteiger partial charge in [-0.05, 0) is 49.2 Å². The fourth-order valence-corrected chi connectivity index (χ4v) is 7.24. The van der Waals surface area contributed by atoms with Crippen molar-refractivity contribution in [3.63, 3.8) is 0 Å². The maximum absolute atomic E-state index is 14.0. The lowest BCUT2D eigenvalue weighted by molar-refractivity contribution is -0.127. The number of carbonyl (C=O) groups excluding carboxylic acids is 1. The second-order valence-corrected chi connectivity index (χ2v) is 13.0. The van der Waals surface area contributed by atoms with Gasteiger partial charge >= 0.3 is 10.0 Å². The van der Waals surface area contributed by atoms with Crippen molar-refractivity contribution in [2.24, 2.45) is 0 Å². The zero-order chi connectivity index (χ0) is 28.9. The number of nitrogens with one attached hydrogen (secondary N) is 3. The monoisotopic (exact) mass is 610 g/mol. The highest BCUT2D eigenvalue weighted by molar-refractivity contribution is 7.90.